The molecule has 0 aliphatic rings. The van der Waals surface area contributed by atoms with E-state index in [1.54, 1.807) is 4.57 Å². The molecule has 0 atom stereocenters. The van der Waals surface area contributed by atoms with E-state index in [1.807, 2.05) is 31.2 Å². The molecule has 0 saturated carbocycles. The number of fused-ring (bicyclic) bond motifs is 1. The molecular formula is C21H28N4O5. The van der Waals surface area contributed by atoms with E-state index in [9.17, 15) is 19.2 Å². The maximum absolute atomic E-state index is 12.8. The molecule has 2 N–H and O–H groups in total. The summed E-state index contributed by atoms with van der Waals surface area (Å²) >= 11 is 0. The van der Waals surface area contributed by atoms with Crippen LogP contribution < -0.4 is 16.2 Å². The van der Waals surface area contributed by atoms with Gasteiger partial charge in [-0.3, -0.25) is 19.7 Å². The summed E-state index contributed by atoms with van der Waals surface area (Å²) in [6, 6.07) is 6.75. The molecule has 0 fully saturated rings. The lowest BCUT2D eigenvalue weighted by atomic mass is 10.2. The standard InChI is InChI=1S/C21H28N4O5/c1-3-5-13-25-17-9-7-6-8-15(17)23-16(20(25)28)10-11-19(27)30-14-18(26)24-21(29)22-12-4-2/h6-9H,3-5,10-14H2,1-2H3,(H2,22,24,26,29). The zero-order valence-corrected chi connectivity index (χ0v) is 17.4. The van der Waals surface area contributed by atoms with Crippen LogP contribution in [0.5, 0.6) is 0 Å². The number of urea groups is 1. The van der Waals surface area contributed by atoms with E-state index in [2.05, 4.69) is 22.5 Å². The number of aryl methyl sites for hydroxylation is 2. The minimum absolute atomic E-state index is 0.0936. The first kappa shape index (κ1) is 23.1. The number of benzene rings is 1. The van der Waals surface area contributed by atoms with Crippen LogP contribution in [-0.4, -0.2) is 40.6 Å². The van der Waals surface area contributed by atoms with Crippen molar-refractivity contribution in [2.45, 2.75) is 52.5 Å². The second kappa shape index (κ2) is 11.7. The zero-order valence-electron chi connectivity index (χ0n) is 17.4. The molecule has 1 aromatic heterocycles. The van der Waals surface area contributed by atoms with Crippen LogP contribution in [0.25, 0.3) is 11.0 Å². The largest absolute Gasteiger partial charge is 0.456 e. The van der Waals surface area contributed by atoms with Gasteiger partial charge >= 0.3 is 12.0 Å². The number of hydrogen-bond acceptors (Lipinski definition) is 6. The van der Waals surface area contributed by atoms with E-state index in [1.165, 1.54) is 0 Å². The van der Waals surface area contributed by atoms with Gasteiger partial charge in [-0.05, 0) is 25.0 Å². The van der Waals surface area contributed by atoms with Crippen LogP contribution in [0.1, 0.15) is 45.2 Å². The number of imide groups is 1. The molecule has 2 aromatic rings. The number of ether oxygens (including phenoxy) is 1. The Hall–Kier alpha value is -3.23. The highest BCUT2D eigenvalue weighted by Crippen LogP contribution is 2.12. The minimum Gasteiger partial charge on any atom is -0.456 e. The first-order valence-corrected chi connectivity index (χ1v) is 10.2. The number of aromatic nitrogens is 2. The summed E-state index contributed by atoms with van der Waals surface area (Å²) in [5, 5.41) is 4.55. The van der Waals surface area contributed by atoms with Crippen LogP contribution >= 0.6 is 0 Å². The van der Waals surface area contributed by atoms with Crippen molar-refractivity contribution in [3.8, 4) is 0 Å². The number of hydrogen-bond donors (Lipinski definition) is 2. The van der Waals surface area contributed by atoms with Crippen molar-refractivity contribution in [3.63, 3.8) is 0 Å². The fraction of sp³-hybridized carbons (Fsp3) is 0.476. The highest BCUT2D eigenvalue weighted by Gasteiger charge is 2.14. The molecule has 0 radical (unpaired) electrons. The highest BCUT2D eigenvalue weighted by atomic mass is 16.5. The van der Waals surface area contributed by atoms with E-state index in [-0.39, 0.29) is 24.1 Å². The van der Waals surface area contributed by atoms with Gasteiger partial charge < -0.3 is 14.6 Å². The van der Waals surface area contributed by atoms with Crippen molar-refractivity contribution in [1.82, 2.24) is 20.2 Å². The molecule has 0 aliphatic carbocycles. The second-order valence-electron chi connectivity index (χ2n) is 6.82. The Morgan fingerprint density at radius 3 is 2.63 bits per heavy atom. The number of nitrogens with zero attached hydrogens (tertiary/aromatic N) is 2. The zero-order chi connectivity index (χ0) is 21.9. The Morgan fingerprint density at radius 1 is 1.13 bits per heavy atom. The summed E-state index contributed by atoms with van der Waals surface area (Å²) < 4.78 is 6.58. The second-order valence-corrected chi connectivity index (χ2v) is 6.82. The number of esters is 1. The number of carbonyl (C=O) groups excluding carboxylic acids is 3. The Kier molecular flexibility index (Phi) is 8.99. The monoisotopic (exact) mass is 416 g/mol. The Bertz CT molecular complexity index is 954. The molecule has 0 spiro atoms. The molecule has 0 bridgehead atoms. The van der Waals surface area contributed by atoms with Gasteiger partial charge in [0.05, 0.1) is 17.5 Å². The van der Waals surface area contributed by atoms with Gasteiger partial charge in [-0.2, -0.15) is 0 Å². The van der Waals surface area contributed by atoms with E-state index < -0.39 is 24.5 Å². The molecule has 30 heavy (non-hydrogen) atoms. The van der Waals surface area contributed by atoms with Crippen LogP contribution in [0.15, 0.2) is 29.1 Å². The maximum atomic E-state index is 12.8. The number of rotatable bonds is 10. The molecule has 9 heteroatoms. The third kappa shape index (κ3) is 6.68. The summed E-state index contributed by atoms with van der Waals surface area (Å²) in [6.45, 7) is 4.38. The molecule has 9 nitrogen and oxygen atoms in total. The van der Waals surface area contributed by atoms with Crippen LogP contribution in [-0.2, 0) is 27.3 Å². The van der Waals surface area contributed by atoms with Gasteiger partial charge in [0.25, 0.3) is 11.5 Å². The Labute approximate surface area is 174 Å². The van der Waals surface area contributed by atoms with Crippen molar-refractivity contribution < 1.29 is 19.1 Å². The third-order valence-electron chi connectivity index (χ3n) is 4.37. The molecule has 3 amide bonds. The SMILES string of the molecule is CCCCn1c(=O)c(CCC(=O)OCC(=O)NC(=O)NCCC)nc2ccccc21. The lowest BCUT2D eigenvalue weighted by Crippen LogP contribution is -2.41. The Morgan fingerprint density at radius 2 is 1.90 bits per heavy atom. The lowest BCUT2D eigenvalue weighted by Gasteiger charge is -2.12. The molecule has 0 aliphatic heterocycles. The Balaban J connectivity index is 1.96. The number of unbranched alkanes of at least 4 members (excludes halogenated alkanes) is 1. The minimum atomic E-state index is -0.720. The molecule has 1 aromatic carbocycles. The van der Waals surface area contributed by atoms with Crippen molar-refractivity contribution >= 4 is 28.9 Å². The van der Waals surface area contributed by atoms with Crippen molar-refractivity contribution in [3.05, 3.63) is 40.3 Å². The van der Waals surface area contributed by atoms with Crippen molar-refractivity contribution in [2.75, 3.05) is 13.2 Å². The summed E-state index contributed by atoms with van der Waals surface area (Å²) in [6.07, 6.45) is 2.55. The maximum Gasteiger partial charge on any atom is 0.321 e. The van der Waals surface area contributed by atoms with Crippen LogP contribution in [0.2, 0.25) is 0 Å². The molecule has 2 rings (SSSR count). The van der Waals surface area contributed by atoms with E-state index in [0.717, 1.165) is 24.8 Å². The normalized spacial score (nSPS) is 10.6. The summed E-state index contributed by atoms with van der Waals surface area (Å²) in [5.74, 6) is -1.36. The van der Waals surface area contributed by atoms with Gasteiger partial charge in [-0.25, -0.2) is 9.78 Å². The average Bonchev–Trinajstić information content (AvgIpc) is 2.74. The number of amides is 3. The summed E-state index contributed by atoms with van der Waals surface area (Å²) in [5.41, 5.74) is 1.51. The third-order valence-corrected chi connectivity index (χ3v) is 4.37. The first-order valence-electron chi connectivity index (χ1n) is 10.2. The van der Waals surface area contributed by atoms with Gasteiger partial charge in [0.1, 0.15) is 5.69 Å². The van der Waals surface area contributed by atoms with Gasteiger partial charge in [0, 0.05) is 19.5 Å². The quantitative estimate of drug-likeness (QED) is 0.571. The highest BCUT2D eigenvalue weighted by molar-refractivity contribution is 5.95. The van der Waals surface area contributed by atoms with Gasteiger partial charge in [-0.15, -0.1) is 0 Å². The fourth-order valence-corrected chi connectivity index (χ4v) is 2.83. The van der Waals surface area contributed by atoms with E-state index in [0.29, 0.717) is 18.6 Å². The van der Waals surface area contributed by atoms with Gasteiger partial charge in [-0.1, -0.05) is 32.4 Å². The summed E-state index contributed by atoms with van der Waals surface area (Å²) in [7, 11) is 0. The van der Waals surface area contributed by atoms with E-state index in [4.69, 9.17) is 4.74 Å². The molecule has 1 heterocycles. The smallest absolute Gasteiger partial charge is 0.321 e. The van der Waals surface area contributed by atoms with Crippen LogP contribution in [0.4, 0.5) is 4.79 Å². The molecule has 0 unspecified atom stereocenters. The van der Waals surface area contributed by atoms with Crippen LogP contribution in [0, 0.1) is 0 Å². The number of nitrogens with one attached hydrogen (secondary N) is 2. The first-order chi connectivity index (χ1) is 14.5. The predicted octanol–water partition coefficient (Wildman–Crippen LogP) is 1.91. The van der Waals surface area contributed by atoms with Crippen molar-refractivity contribution in [1.29, 1.82) is 0 Å². The molecular weight excluding hydrogens is 388 g/mol. The van der Waals surface area contributed by atoms with Crippen LogP contribution in [0.3, 0.4) is 0 Å². The fourth-order valence-electron chi connectivity index (χ4n) is 2.83. The number of carbonyl (C=O) groups is 3. The van der Waals surface area contributed by atoms with Crippen molar-refractivity contribution in [2.24, 2.45) is 0 Å². The van der Waals surface area contributed by atoms with E-state index >= 15 is 0 Å². The lowest BCUT2D eigenvalue weighted by molar-refractivity contribution is -0.148. The van der Waals surface area contributed by atoms with Gasteiger partial charge in [0.2, 0.25) is 0 Å². The molecule has 0 saturated heterocycles. The number of para-hydroxylation sites is 2. The molecule has 162 valence electrons. The topological polar surface area (TPSA) is 119 Å². The average molecular weight is 416 g/mol. The summed E-state index contributed by atoms with van der Waals surface area (Å²) in [4.78, 5) is 52.2. The predicted molar refractivity (Wildman–Crippen MR) is 112 cm³/mol. The van der Waals surface area contributed by atoms with Gasteiger partial charge in [0.15, 0.2) is 6.61 Å².